The molecule has 1 saturated heterocycles. The monoisotopic (exact) mass is 391 g/mol. The predicted octanol–water partition coefficient (Wildman–Crippen LogP) is 2.41. The zero-order chi connectivity index (χ0) is 16.8. The number of piperazine rings is 1. The van der Waals surface area contributed by atoms with Crippen LogP contribution >= 0.6 is 15.9 Å². The molecule has 1 aromatic carbocycles. The first kappa shape index (κ1) is 17.2. The van der Waals surface area contributed by atoms with E-state index >= 15 is 0 Å². The third-order valence-corrected chi connectivity index (χ3v) is 4.60. The third-order valence-electron chi connectivity index (χ3n) is 4.07. The van der Waals surface area contributed by atoms with E-state index in [2.05, 4.69) is 30.7 Å². The summed E-state index contributed by atoms with van der Waals surface area (Å²) in [6.07, 6.45) is 1.33. The van der Waals surface area contributed by atoms with E-state index in [0.717, 1.165) is 42.2 Å². The number of aliphatic hydroxyl groups excluding tert-OH is 1. The largest absolute Gasteiger partial charge is 0.491 e. The van der Waals surface area contributed by atoms with Crippen LogP contribution in [-0.2, 0) is 0 Å². The number of halogens is 1. The maximum atomic E-state index is 10.2. The van der Waals surface area contributed by atoms with Crippen LogP contribution in [-0.4, -0.2) is 60.4 Å². The van der Waals surface area contributed by atoms with Crippen molar-refractivity contribution >= 4 is 21.7 Å². The van der Waals surface area contributed by atoms with Crippen LogP contribution in [0, 0.1) is 0 Å². The molecule has 0 radical (unpaired) electrons. The lowest BCUT2D eigenvalue weighted by molar-refractivity contribution is 0.0662. The molecule has 128 valence electrons. The molecule has 0 bridgehead atoms. The second-order valence-corrected chi connectivity index (χ2v) is 6.81. The molecule has 1 aliphatic heterocycles. The summed E-state index contributed by atoms with van der Waals surface area (Å²) in [4.78, 5) is 8.94. The van der Waals surface area contributed by atoms with Gasteiger partial charge in [0.2, 0.25) is 0 Å². The van der Waals surface area contributed by atoms with E-state index in [9.17, 15) is 5.11 Å². The lowest BCUT2D eigenvalue weighted by atomic mass is 10.2. The molecule has 6 heteroatoms. The van der Waals surface area contributed by atoms with Gasteiger partial charge < -0.3 is 14.7 Å². The number of aromatic nitrogens is 1. The molecule has 2 aromatic rings. The summed E-state index contributed by atoms with van der Waals surface area (Å²) in [5, 5.41) is 10.2. The van der Waals surface area contributed by atoms with Crippen molar-refractivity contribution in [2.24, 2.45) is 0 Å². The smallest absolute Gasteiger partial charge is 0.128 e. The summed E-state index contributed by atoms with van der Waals surface area (Å²) in [7, 11) is 0. The predicted molar refractivity (Wildman–Crippen MR) is 98.5 cm³/mol. The summed E-state index contributed by atoms with van der Waals surface area (Å²) in [5.74, 6) is 1.80. The van der Waals surface area contributed by atoms with Crippen molar-refractivity contribution in [2.75, 3.05) is 44.2 Å². The molecule has 0 amide bonds. The summed E-state index contributed by atoms with van der Waals surface area (Å²) in [6, 6.07) is 13.6. The van der Waals surface area contributed by atoms with Gasteiger partial charge in [0, 0.05) is 43.4 Å². The number of β-amino-alcohol motifs (C(OH)–C–C–N with tert-alkyl or cyclic N) is 1. The molecule has 1 aliphatic rings. The van der Waals surface area contributed by atoms with Gasteiger partial charge in [-0.25, -0.2) is 4.98 Å². The highest BCUT2D eigenvalue weighted by Crippen LogP contribution is 2.16. The maximum absolute atomic E-state index is 10.2. The highest BCUT2D eigenvalue weighted by Gasteiger charge is 2.20. The summed E-state index contributed by atoms with van der Waals surface area (Å²) in [5.41, 5.74) is 0. The first-order valence-corrected chi connectivity index (χ1v) is 8.95. The van der Waals surface area contributed by atoms with E-state index < -0.39 is 6.10 Å². The quantitative estimate of drug-likeness (QED) is 0.818. The van der Waals surface area contributed by atoms with Crippen molar-refractivity contribution in [3.8, 4) is 5.75 Å². The third kappa shape index (κ3) is 4.93. The Hall–Kier alpha value is -1.63. The first-order chi connectivity index (χ1) is 11.7. The Bertz CT molecular complexity index is 616. The minimum absolute atomic E-state index is 0.308. The molecular weight excluding hydrogens is 370 g/mol. The molecule has 5 nitrogen and oxygen atoms in total. The van der Waals surface area contributed by atoms with Crippen molar-refractivity contribution in [3.05, 3.63) is 53.1 Å². The zero-order valence-corrected chi connectivity index (χ0v) is 15.1. The second-order valence-electron chi connectivity index (χ2n) is 5.89. The van der Waals surface area contributed by atoms with E-state index in [0.29, 0.717) is 13.2 Å². The van der Waals surface area contributed by atoms with Gasteiger partial charge in [-0.15, -0.1) is 0 Å². The SMILES string of the molecule is OC(COc1ccc(Br)cc1)CN1CCN(c2ccccn2)CC1. The molecule has 1 fully saturated rings. The molecule has 0 spiro atoms. The maximum Gasteiger partial charge on any atom is 0.128 e. The Morgan fingerprint density at radius 2 is 1.83 bits per heavy atom. The molecule has 2 heterocycles. The van der Waals surface area contributed by atoms with E-state index in [1.54, 1.807) is 0 Å². The molecule has 1 N–H and O–H groups in total. The van der Waals surface area contributed by atoms with Crippen molar-refractivity contribution in [3.63, 3.8) is 0 Å². The Morgan fingerprint density at radius 1 is 1.08 bits per heavy atom. The average Bonchev–Trinajstić information content (AvgIpc) is 2.63. The van der Waals surface area contributed by atoms with Gasteiger partial charge in [-0.1, -0.05) is 22.0 Å². The van der Waals surface area contributed by atoms with E-state index in [4.69, 9.17) is 4.74 Å². The number of pyridine rings is 1. The molecule has 24 heavy (non-hydrogen) atoms. The fraction of sp³-hybridized carbons (Fsp3) is 0.389. The Morgan fingerprint density at radius 3 is 2.50 bits per heavy atom. The van der Waals surface area contributed by atoms with Crippen LogP contribution in [0.1, 0.15) is 0 Å². The van der Waals surface area contributed by atoms with Gasteiger partial charge in [0.15, 0.2) is 0 Å². The molecule has 0 saturated carbocycles. The van der Waals surface area contributed by atoms with Crippen molar-refractivity contribution < 1.29 is 9.84 Å². The van der Waals surface area contributed by atoms with Gasteiger partial charge in [-0.3, -0.25) is 4.90 Å². The number of aliphatic hydroxyl groups is 1. The number of rotatable bonds is 6. The fourth-order valence-electron chi connectivity index (χ4n) is 2.77. The number of hydrogen-bond donors (Lipinski definition) is 1. The average molecular weight is 392 g/mol. The summed E-state index contributed by atoms with van der Waals surface area (Å²) >= 11 is 3.39. The van der Waals surface area contributed by atoms with Crippen molar-refractivity contribution in [1.29, 1.82) is 0 Å². The minimum atomic E-state index is -0.491. The molecule has 0 aliphatic carbocycles. The Balaban J connectivity index is 1.40. The van der Waals surface area contributed by atoms with Crippen molar-refractivity contribution in [1.82, 2.24) is 9.88 Å². The Labute approximate surface area is 151 Å². The summed E-state index contributed by atoms with van der Waals surface area (Å²) in [6.45, 7) is 4.64. The number of anilines is 1. The molecule has 1 aromatic heterocycles. The van der Waals surface area contributed by atoms with E-state index in [1.165, 1.54) is 0 Å². The van der Waals surface area contributed by atoms with E-state index in [1.807, 2.05) is 48.7 Å². The van der Waals surface area contributed by atoms with Gasteiger partial charge >= 0.3 is 0 Å². The topological polar surface area (TPSA) is 48.8 Å². The van der Waals surface area contributed by atoms with Gasteiger partial charge in [0.1, 0.15) is 24.3 Å². The highest BCUT2D eigenvalue weighted by molar-refractivity contribution is 9.10. The lowest BCUT2D eigenvalue weighted by Gasteiger charge is -2.36. The highest BCUT2D eigenvalue weighted by atomic mass is 79.9. The van der Waals surface area contributed by atoms with Crippen LogP contribution in [0.5, 0.6) is 5.75 Å². The van der Waals surface area contributed by atoms with E-state index in [-0.39, 0.29) is 0 Å². The van der Waals surface area contributed by atoms with Crippen LogP contribution in [0.15, 0.2) is 53.1 Å². The van der Waals surface area contributed by atoms with Crippen LogP contribution in [0.25, 0.3) is 0 Å². The van der Waals surface area contributed by atoms with Crippen LogP contribution in [0.2, 0.25) is 0 Å². The van der Waals surface area contributed by atoms with Gasteiger partial charge in [0.05, 0.1) is 0 Å². The number of nitrogens with zero attached hydrogens (tertiary/aromatic N) is 3. The minimum Gasteiger partial charge on any atom is -0.491 e. The lowest BCUT2D eigenvalue weighted by Crippen LogP contribution is -2.49. The van der Waals surface area contributed by atoms with Gasteiger partial charge in [-0.05, 0) is 36.4 Å². The van der Waals surface area contributed by atoms with Crippen LogP contribution in [0.4, 0.5) is 5.82 Å². The van der Waals surface area contributed by atoms with Gasteiger partial charge in [0.25, 0.3) is 0 Å². The first-order valence-electron chi connectivity index (χ1n) is 8.15. The number of ether oxygens (including phenoxy) is 1. The fourth-order valence-corrected chi connectivity index (χ4v) is 3.04. The van der Waals surface area contributed by atoms with Crippen LogP contribution in [0.3, 0.4) is 0 Å². The normalized spacial score (nSPS) is 16.8. The molecule has 1 atom stereocenters. The zero-order valence-electron chi connectivity index (χ0n) is 13.5. The number of benzene rings is 1. The molecule has 3 rings (SSSR count). The Kier molecular flexibility index (Phi) is 6.07. The van der Waals surface area contributed by atoms with Crippen LogP contribution < -0.4 is 9.64 Å². The summed E-state index contributed by atoms with van der Waals surface area (Å²) < 4.78 is 6.65. The molecule has 1 unspecified atom stereocenters. The molecular formula is C18H22BrN3O2. The van der Waals surface area contributed by atoms with Gasteiger partial charge in [-0.2, -0.15) is 0 Å². The van der Waals surface area contributed by atoms with Crippen molar-refractivity contribution in [2.45, 2.75) is 6.10 Å². The standard InChI is InChI=1S/C18H22BrN3O2/c19-15-4-6-17(7-5-15)24-14-16(23)13-21-9-11-22(12-10-21)18-3-1-2-8-20-18/h1-8,16,23H,9-14H2. The second kappa shape index (κ2) is 8.46. The number of hydrogen-bond acceptors (Lipinski definition) is 5.